The number of hydrogen-bond donors (Lipinski definition) is 2. The first-order valence-electron chi connectivity index (χ1n) is 11.5. The van der Waals surface area contributed by atoms with Crippen molar-refractivity contribution in [3.8, 4) is 6.19 Å². The molecule has 0 aliphatic carbocycles. The van der Waals surface area contributed by atoms with Crippen LogP contribution in [0.5, 0.6) is 0 Å². The Morgan fingerprint density at radius 2 is 2.00 bits per heavy atom. The highest BCUT2D eigenvalue weighted by Gasteiger charge is 2.22. The summed E-state index contributed by atoms with van der Waals surface area (Å²) in [5, 5.41) is 14.5. The molecule has 0 spiro atoms. The standard InChI is InChI=1S/C25H26F2N8O/c1-16-22(32-17(2)29-14-28)4-3-5-23(16)33-24-30-15-31-25(34-24)35-10-8-19(9-11-35)36-13-18-6-7-20(26)21(27)12-18/h3-7,12,15,19H,8-11,13H2,1-2H3,(H,29,32)(H,30,31,33,34). The molecule has 2 N–H and O–H groups in total. The number of halogens is 2. The van der Waals surface area contributed by atoms with Gasteiger partial charge in [-0.1, -0.05) is 12.1 Å². The smallest absolute Gasteiger partial charge is 0.232 e. The maximum atomic E-state index is 13.4. The fraction of sp³-hybridized carbons (Fsp3) is 0.320. The van der Waals surface area contributed by atoms with E-state index in [4.69, 9.17) is 10.00 Å². The molecular formula is C25H26F2N8O. The number of nitrogens with one attached hydrogen (secondary N) is 2. The topological polar surface area (TPSA) is 111 Å². The fourth-order valence-electron chi connectivity index (χ4n) is 3.86. The first-order valence-corrected chi connectivity index (χ1v) is 11.5. The van der Waals surface area contributed by atoms with Gasteiger partial charge in [-0.3, -0.25) is 5.32 Å². The van der Waals surface area contributed by atoms with Crippen LogP contribution in [0.4, 0.5) is 32.1 Å². The maximum absolute atomic E-state index is 13.4. The summed E-state index contributed by atoms with van der Waals surface area (Å²) in [5.41, 5.74) is 3.01. The van der Waals surface area contributed by atoms with Gasteiger partial charge >= 0.3 is 0 Å². The molecule has 0 saturated carbocycles. The Balaban J connectivity index is 1.35. The number of aromatic nitrogens is 3. The molecule has 3 aromatic rings. The summed E-state index contributed by atoms with van der Waals surface area (Å²) in [6.07, 6.45) is 4.85. The van der Waals surface area contributed by atoms with Gasteiger partial charge in [0.1, 0.15) is 12.2 Å². The number of rotatable bonds is 7. The minimum Gasteiger partial charge on any atom is -0.373 e. The average molecular weight is 493 g/mol. The number of nitrogens with zero attached hydrogens (tertiary/aromatic N) is 6. The van der Waals surface area contributed by atoms with E-state index >= 15 is 0 Å². The van der Waals surface area contributed by atoms with Crippen molar-refractivity contribution in [2.24, 2.45) is 4.99 Å². The predicted molar refractivity (Wildman–Crippen MR) is 132 cm³/mol. The van der Waals surface area contributed by atoms with Crippen LogP contribution < -0.4 is 15.5 Å². The van der Waals surface area contributed by atoms with Crippen LogP contribution >= 0.6 is 0 Å². The minimum absolute atomic E-state index is 0.0127. The van der Waals surface area contributed by atoms with Gasteiger partial charge in [0.25, 0.3) is 0 Å². The first-order chi connectivity index (χ1) is 17.4. The second-order valence-corrected chi connectivity index (χ2v) is 8.36. The molecule has 1 aliphatic rings. The zero-order valence-corrected chi connectivity index (χ0v) is 20.0. The average Bonchev–Trinajstić information content (AvgIpc) is 2.88. The molecule has 2 aromatic carbocycles. The lowest BCUT2D eigenvalue weighted by atomic mass is 10.1. The zero-order chi connectivity index (χ0) is 25.5. The van der Waals surface area contributed by atoms with Crippen LogP contribution in [0.25, 0.3) is 0 Å². The highest BCUT2D eigenvalue weighted by Crippen LogP contribution is 2.28. The largest absolute Gasteiger partial charge is 0.373 e. The van der Waals surface area contributed by atoms with E-state index in [9.17, 15) is 8.78 Å². The highest BCUT2D eigenvalue weighted by atomic mass is 19.2. The van der Waals surface area contributed by atoms with Gasteiger partial charge in [0.2, 0.25) is 11.9 Å². The van der Waals surface area contributed by atoms with Crippen LogP contribution in [0, 0.1) is 30.0 Å². The third-order valence-electron chi connectivity index (χ3n) is 5.83. The van der Waals surface area contributed by atoms with Crippen LogP contribution in [0.3, 0.4) is 0 Å². The number of piperidine rings is 1. The number of aliphatic imine (C=N–C) groups is 1. The Kier molecular flexibility index (Phi) is 7.97. The lowest BCUT2D eigenvalue weighted by molar-refractivity contribution is 0.0248. The van der Waals surface area contributed by atoms with Crippen molar-refractivity contribution in [1.82, 2.24) is 20.3 Å². The van der Waals surface area contributed by atoms with Gasteiger partial charge in [-0.15, -0.1) is 0 Å². The van der Waals surface area contributed by atoms with Crippen molar-refractivity contribution in [2.75, 3.05) is 23.3 Å². The summed E-state index contributed by atoms with van der Waals surface area (Å²) in [4.78, 5) is 19.6. The summed E-state index contributed by atoms with van der Waals surface area (Å²) in [6, 6.07) is 9.43. The van der Waals surface area contributed by atoms with Gasteiger partial charge < -0.3 is 15.0 Å². The predicted octanol–water partition coefficient (Wildman–Crippen LogP) is 4.51. The minimum atomic E-state index is -0.870. The lowest BCUT2D eigenvalue weighted by Gasteiger charge is -2.32. The second kappa shape index (κ2) is 11.5. The van der Waals surface area contributed by atoms with Gasteiger partial charge in [-0.05, 0) is 62.1 Å². The lowest BCUT2D eigenvalue weighted by Crippen LogP contribution is -2.38. The molecule has 1 saturated heterocycles. The van der Waals surface area contributed by atoms with E-state index in [0.29, 0.717) is 36.4 Å². The number of anilines is 3. The molecule has 0 radical (unpaired) electrons. The van der Waals surface area contributed by atoms with Crippen molar-refractivity contribution in [3.63, 3.8) is 0 Å². The number of nitriles is 1. The molecule has 2 heterocycles. The molecule has 1 fully saturated rings. The SMILES string of the molecule is CC(=Nc1cccc(Nc2ncnc(N3CCC(OCc4ccc(F)c(F)c4)CC3)n2)c1C)NC#N. The van der Waals surface area contributed by atoms with Crippen LogP contribution in [0.1, 0.15) is 30.9 Å². The summed E-state index contributed by atoms with van der Waals surface area (Å²) in [7, 11) is 0. The van der Waals surface area contributed by atoms with E-state index < -0.39 is 11.6 Å². The molecule has 0 amide bonds. The van der Waals surface area contributed by atoms with Crippen LogP contribution in [-0.4, -0.2) is 40.0 Å². The quantitative estimate of drug-likeness (QED) is 0.215. The van der Waals surface area contributed by atoms with Gasteiger partial charge in [0.05, 0.1) is 18.4 Å². The summed E-state index contributed by atoms with van der Waals surface area (Å²) < 4.78 is 32.4. The Hall–Kier alpha value is -4.17. The van der Waals surface area contributed by atoms with Gasteiger partial charge in [0, 0.05) is 18.8 Å². The van der Waals surface area contributed by atoms with Crippen molar-refractivity contribution >= 4 is 29.1 Å². The second-order valence-electron chi connectivity index (χ2n) is 8.36. The van der Waals surface area contributed by atoms with Crippen LogP contribution in [0.15, 0.2) is 47.7 Å². The van der Waals surface area contributed by atoms with Crippen molar-refractivity contribution in [2.45, 2.75) is 39.4 Å². The molecular weight excluding hydrogens is 466 g/mol. The molecule has 0 atom stereocenters. The summed E-state index contributed by atoms with van der Waals surface area (Å²) in [5.74, 6) is -0.263. The van der Waals surface area contributed by atoms with Gasteiger partial charge in [-0.25, -0.2) is 23.7 Å². The maximum Gasteiger partial charge on any atom is 0.232 e. The number of amidine groups is 1. The molecule has 1 aliphatic heterocycles. The van der Waals surface area contributed by atoms with E-state index in [1.165, 1.54) is 12.4 Å². The molecule has 11 heteroatoms. The third-order valence-corrected chi connectivity index (χ3v) is 5.83. The summed E-state index contributed by atoms with van der Waals surface area (Å²) in [6.45, 7) is 5.27. The first kappa shape index (κ1) is 24.9. The molecule has 0 unspecified atom stereocenters. The van der Waals surface area contributed by atoms with E-state index in [2.05, 4.69) is 35.5 Å². The number of benzene rings is 2. The Labute approximate surface area is 207 Å². The molecule has 9 nitrogen and oxygen atoms in total. The summed E-state index contributed by atoms with van der Waals surface area (Å²) >= 11 is 0. The monoisotopic (exact) mass is 492 g/mol. The van der Waals surface area contributed by atoms with Gasteiger partial charge in [0.15, 0.2) is 17.8 Å². The van der Waals surface area contributed by atoms with Gasteiger partial charge in [-0.2, -0.15) is 10.2 Å². The van der Waals surface area contributed by atoms with E-state index in [0.717, 1.165) is 41.9 Å². The third kappa shape index (κ3) is 6.28. The van der Waals surface area contributed by atoms with Crippen molar-refractivity contribution in [3.05, 3.63) is 65.5 Å². The van der Waals surface area contributed by atoms with E-state index in [1.54, 1.807) is 6.92 Å². The van der Waals surface area contributed by atoms with Crippen molar-refractivity contribution < 1.29 is 13.5 Å². The number of ether oxygens (including phenoxy) is 1. The van der Waals surface area contributed by atoms with E-state index in [1.807, 2.05) is 31.3 Å². The molecule has 4 rings (SSSR count). The van der Waals surface area contributed by atoms with E-state index in [-0.39, 0.29) is 12.7 Å². The Morgan fingerprint density at radius 1 is 1.19 bits per heavy atom. The van der Waals surface area contributed by atoms with Crippen LogP contribution in [0.2, 0.25) is 0 Å². The normalized spacial score (nSPS) is 14.4. The number of hydrogen-bond acceptors (Lipinski definition) is 8. The van der Waals surface area contributed by atoms with Crippen LogP contribution in [-0.2, 0) is 11.3 Å². The Bertz CT molecular complexity index is 1290. The van der Waals surface area contributed by atoms with Crippen molar-refractivity contribution in [1.29, 1.82) is 5.26 Å². The fourth-order valence-corrected chi connectivity index (χ4v) is 3.86. The molecule has 36 heavy (non-hydrogen) atoms. The molecule has 0 bridgehead atoms. The highest BCUT2D eigenvalue weighted by molar-refractivity contribution is 5.84. The molecule has 1 aromatic heterocycles. The molecule has 186 valence electrons. The Morgan fingerprint density at radius 3 is 2.75 bits per heavy atom. The zero-order valence-electron chi connectivity index (χ0n) is 20.0.